The molecule has 2 saturated heterocycles. The van der Waals surface area contributed by atoms with Crippen LogP contribution < -0.4 is 16.0 Å². The lowest BCUT2D eigenvalue weighted by atomic mass is 10.0. The molecule has 1 unspecified atom stereocenters. The van der Waals surface area contributed by atoms with Crippen molar-refractivity contribution in [3.05, 3.63) is 53.7 Å². The Kier molecular flexibility index (Phi) is 9.33. The van der Waals surface area contributed by atoms with E-state index in [9.17, 15) is 9.59 Å². The molecule has 2 aliphatic heterocycles. The van der Waals surface area contributed by atoms with Gasteiger partial charge in [-0.25, -0.2) is 0 Å². The van der Waals surface area contributed by atoms with E-state index < -0.39 is 0 Å². The van der Waals surface area contributed by atoms with Gasteiger partial charge < -0.3 is 25.6 Å². The number of benzene rings is 1. The summed E-state index contributed by atoms with van der Waals surface area (Å²) in [7, 11) is 3.43. The Bertz CT molecular complexity index is 1430. The molecule has 5 rings (SSSR count). The van der Waals surface area contributed by atoms with Gasteiger partial charge in [-0.05, 0) is 42.9 Å². The van der Waals surface area contributed by atoms with Crippen LogP contribution in [0, 0.1) is 0 Å². The van der Waals surface area contributed by atoms with Crippen molar-refractivity contribution in [2.24, 2.45) is 0 Å². The molecule has 0 aliphatic carbocycles. The third-order valence-corrected chi connectivity index (χ3v) is 7.69. The van der Waals surface area contributed by atoms with Crippen LogP contribution in [0.5, 0.6) is 0 Å². The second kappa shape index (κ2) is 13.3. The normalized spacial score (nSPS) is 17.9. The number of hydrogen-bond donors (Lipinski definition) is 3. The largest absolute Gasteiger partial charge is 0.381 e. The van der Waals surface area contributed by atoms with E-state index in [-0.39, 0.29) is 29.8 Å². The minimum absolute atomic E-state index is 0.0437. The SMILES string of the molecule is CC(C)c1cnn2c(NCc3cccc(NC(=O)C4CCN4CC=CC(=O)N(C)C)c3)nc(NC3CCOCC3)nc12. The van der Waals surface area contributed by atoms with Crippen LogP contribution in [-0.4, -0.2) is 93.7 Å². The first-order valence-corrected chi connectivity index (χ1v) is 14.6. The Balaban J connectivity index is 1.24. The van der Waals surface area contributed by atoms with E-state index in [1.807, 2.05) is 36.5 Å². The molecule has 12 nitrogen and oxygen atoms in total. The average Bonchev–Trinajstić information content (AvgIpc) is 3.38. The summed E-state index contributed by atoms with van der Waals surface area (Å²) in [6.07, 6.45) is 7.83. The number of aromatic nitrogens is 4. The molecule has 0 radical (unpaired) electrons. The van der Waals surface area contributed by atoms with Crippen LogP contribution in [0.4, 0.5) is 17.6 Å². The molecule has 0 bridgehead atoms. The molecule has 12 heteroatoms. The van der Waals surface area contributed by atoms with E-state index in [1.165, 1.54) is 4.90 Å². The molecule has 4 heterocycles. The number of carbonyl (C=O) groups excluding carboxylic acids is 2. The van der Waals surface area contributed by atoms with Crippen LogP contribution in [0.25, 0.3) is 5.65 Å². The van der Waals surface area contributed by atoms with Crippen molar-refractivity contribution in [3.8, 4) is 0 Å². The molecule has 0 spiro atoms. The van der Waals surface area contributed by atoms with E-state index in [0.717, 1.165) is 61.5 Å². The highest BCUT2D eigenvalue weighted by Crippen LogP contribution is 2.24. The number of hydrogen-bond acceptors (Lipinski definition) is 9. The van der Waals surface area contributed by atoms with Gasteiger partial charge in [0.15, 0.2) is 5.65 Å². The van der Waals surface area contributed by atoms with Gasteiger partial charge in [0.2, 0.25) is 23.7 Å². The summed E-state index contributed by atoms with van der Waals surface area (Å²) in [4.78, 5) is 37.9. The standard InChI is InChI=1S/C30H41N9O3/c1-20(2)24-19-32-39-27(24)35-29(34-22-11-15-42-16-12-22)36-30(39)31-18-21-7-5-8-23(17-21)33-28(41)25-10-14-38(25)13-6-9-26(40)37(3)4/h5-9,17,19-20,22,25H,10-16,18H2,1-4H3,(H,33,41)(H2,31,34,35,36). The zero-order chi connectivity index (χ0) is 29.6. The zero-order valence-electron chi connectivity index (χ0n) is 24.8. The van der Waals surface area contributed by atoms with Crippen molar-refractivity contribution in [2.75, 3.05) is 56.3 Å². The van der Waals surface area contributed by atoms with Gasteiger partial charge in [0.1, 0.15) is 0 Å². The smallest absolute Gasteiger partial charge is 0.245 e. The van der Waals surface area contributed by atoms with Crippen LogP contribution in [0.3, 0.4) is 0 Å². The number of ether oxygens (including phenoxy) is 1. The van der Waals surface area contributed by atoms with Crippen LogP contribution >= 0.6 is 0 Å². The molecule has 2 amide bonds. The summed E-state index contributed by atoms with van der Waals surface area (Å²) >= 11 is 0. The van der Waals surface area contributed by atoms with E-state index in [2.05, 4.69) is 39.8 Å². The van der Waals surface area contributed by atoms with Crippen LogP contribution in [-0.2, 0) is 20.9 Å². The summed E-state index contributed by atoms with van der Waals surface area (Å²) in [6, 6.07) is 7.85. The quantitative estimate of drug-likeness (QED) is 0.295. The zero-order valence-corrected chi connectivity index (χ0v) is 24.8. The molecular formula is C30H41N9O3. The fraction of sp³-hybridized carbons (Fsp3) is 0.500. The Morgan fingerprint density at radius 3 is 2.69 bits per heavy atom. The van der Waals surface area contributed by atoms with Gasteiger partial charge in [0.05, 0.1) is 12.2 Å². The summed E-state index contributed by atoms with van der Waals surface area (Å²) in [5.41, 5.74) is 3.57. The lowest BCUT2D eigenvalue weighted by Crippen LogP contribution is -2.54. The molecule has 2 aliphatic rings. The van der Waals surface area contributed by atoms with Crippen molar-refractivity contribution >= 4 is 35.0 Å². The highest BCUT2D eigenvalue weighted by Gasteiger charge is 2.33. The Morgan fingerprint density at radius 1 is 1.17 bits per heavy atom. The van der Waals surface area contributed by atoms with Gasteiger partial charge in [-0.1, -0.05) is 32.1 Å². The predicted molar refractivity (Wildman–Crippen MR) is 163 cm³/mol. The van der Waals surface area contributed by atoms with Crippen molar-refractivity contribution in [2.45, 2.75) is 57.7 Å². The highest BCUT2D eigenvalue weighted by atomic mass is 16.5. The third-order valence-electron chi connectivity index (χ3n) is 7.69. The Labute approximate surface area is 246 Å². The Hall–Kier alpha value is -4.03. The number of carbonyl (C=O) groups is 2. The van der Waals surface area contributed by atoms with Crippen LogP contribution in [0.1, 0.15) is 50.2 Å². The number of fused-ring (bicyclic) bond motifs is 1. The van der Waals surface area contributed by atoms with Gasteiger partial charge in [-0.3, -0.25) is 14.5 Å². The molecule has 42 heavy (non-hydrogen) atoms. The van der Waals surface area contributed by atoms with Crippen molar-refractivity contribution in [3.63, 3.8) is 0 Å². The number of nitrogens with one attached hydrogen (secondary N) is 3. The fourth-order valence-corrected chi connectivity index (χ4v) is 5.07. The molecule has 224 valence electrons. The minimum atomic E-state index is -0.211. The third kappa shape index (κ3) is 7.05. The maximum Gasteiger partial charge on any atom is 0.245 e. The van der Waals surface area contributed by atoms with Gasteiger partial charge in [0, 0.05) is 70.3 Å². The first kappa shape index (κ1) is 29.5. The highest BCUT2D eigenvalue weighted by molar-refractivity contribution is 5.95. The number of nitrogens with zero attached hydrogens (tertiary/aromatic N) is 6. The number of amides is 2. The maximum atomic E-state index is 13.0. The van der Waals surface area contributed by atoms with Crippen molar-refractivity contribution in [1.29, 1.82) is 0 Å². The van der Waals surface area contributed by atoms with Crippen molar-refractivity contribution < 1.29 is 14.3 Å². The monoisotopic (exact) mass is 575 g/mol. The number of anilines is 3. The van der Waals surface area contributed by atoms with E-state index in [0.29, 0.717) is 25.0 Å². The average molecular weight is 576 g/mol. The second-order valence-electron chi connectivity index (χ2n) is 11.4. The minimum Gasteiger partial charge on any atom is -0.381 e. The lowest BCUT2D eigenvalue weighted by molar-refractivity contribution is -0.125. The summed E-state index contributed by atoms with van der Waals surface area (Å²) < 4.78 is 7.25. The molecule has 3 aromatic rings. The molecular weight excluding hydrogens is 534 g/mol. The molecule has 1 aromatic carbocycles. The maximum absolute atomic E-state index is 13.0. The summed E-state index contributed by atoms with van der Waals surface area (Å²) in [5.74, 6) is 1.33. The number of rotatable bonds is 11. The molecule has 1 atom stereocenters. The predicted octanol–water partition coefficient (Wildman–Crippen LogP) is 3.11. The van der Waals surface area contributed by atoms with Crippen LogP contribution in [0.2, 0.25) is 0 Å². The first-order chi connectivity index (χ1) is 20.3. The van der Waals surface area contributed by atoms with Gasteiger partial charge >= 0.3 is 0 Å². The van der Waals surface area contributed by atoms with Gasteiger partial charge in [-0.15, -0.1) is 0 Å². The van der Waals surface area contributed by atoms with Crippen LogP contribution in [0.15, 0.2) is 42.6 Å². The van der Waals surface area contributed by atoms with E-state index >= 15 is 0 Å². The number of likely N-dealkylation sites (tertiary alicyclic amines) is 1. The topological polar surface area (TPSA) is 129 Å². The first-order valence-electron chi connectivity index (χ1n) is 14.6. The van der Waals surface area contributed by atoms with E-state index in [1.54, 1.807) is 24.7 Å². The van der Waals surface area contributed by atoms with Gasteiger partial charge in [0.25, 0.3) is 0 Å². The van der Waals surface area contributed by atoms with Gasteiger partial charge in [-0.2, -0.15) is 19.6 Å². The lowest BCUT2D eigenvalue weighted by Gasteiger charge is -2.39. The van der Waals surface area contributed by atoms with E-state index in [4.69, 9.17) is 14.7 Å². The molecule has 2 fully saturated rings. The Morgan fingerprint density at radius 2 is 1.98 bits per heavy atom. The molecule has 2 aromatic heterocycles. The molecule has 3 N–H and O–H groups in total. The fourth-order valence-electron chi connectivity index (χ4n) is 5.07. The summed E-state index contributed by atoms with van der Waals surface area (Å²) in [6.45, 7) is 7.60. The second-order valence-corrected chi connectivity index (χ2v) is 11.4. The number of likely N-dealkylation sites (N-methyl/N-ethyl adjacent to an activating group) is 1. The summed E-state index contributed by atoms with van der Waals surface area (Å²) in [5, 5.41) is 14.6. The molecule has 0 saturated carbocycles. The van der Waals surface area contributed by atoms with Crippen molar-refractivity contribution in [1.82, 2.24) is 29.4 Å².